The fraction of sp³-hybridized carbons (Fsp3) is 0. The number of pyridine rings is 1. The van der Waals surface area contributed by atoms with Gasteiger partial charge in [0.05, 0.1) is 11.9 Å². The highest BCUT2D eigenvalue weighted by Crippen LogP contribution is 2.23. The molecule has 7 heteroatoms. The van der Waals surface area contributed by atoms with Gasteiger partial charge in [-0.2, -0.15) is 4.39 Å². The molecule has 0 fully saturated rings. The molecular weight excluding hydrogens is 251 g/mol. The van der Waals surface area contributed by atoms with Crippen LogP contribution < -0.4 is 0 Å². The molecule has 0 spiro atoms. The molecule has 0 aliphatic rings. The van der Waals surface area contributed by atoms with Crippen molar-refractivity contribution in [3.05, 3.63) is 34.9 Å². The van der Waals surface area contributed by atoms with Crippen LogP contribution in [0, 0.1) is 5.95 Å². The lowest BCUT2D eigenvalue weighted by molar-refractivity contribution is 0.584. The molecule has 3 heterocycles. The molecule has 4 nitrogen and oxygen atoms in total. The van der Waals surface area contributed by atoms with E-state index in [1.165, 1.54) is 23.6 Å². The third-order valence-corrected chi connectivity index (χ3v) is 3.06. The van der Waals surface area contributed by atoms with E-state index in [1.54, 1.807) is 16.8 Å². The Morgan fingerprint density at radius 3 is 3.06 bits per heavy atom. The molecule has 0 atom stereocenters. The summed E-state index contributed by atoms with van der Waals surface area (Å²) in [5.74, 6) is -0.528. The van der Waals surface area contributed by atoms with Crippen LogP contribution in [-0.4, -0.2) is 19.6 Å². The molecular formula is C9H4ClFN4S. The largest absolute Gasteiger partial charge is 0.228 e. The molecule has 0 N–H and O–H groups in total. The van der Waals surface area contributed by atoms with Crippen molar-refractivity contribution in [3.8, 4) is 11.3 Å². The average Bonchev–Trinajstić information content (AvgIpc) is 2.74. The molecule has 0 aliphatic heterocycles. The highest BCUT2D eigenvalue weighted by atomic mass is 35.5. The quantitative estimate of drug-likeness (QED) is 0.627. The first-order valence-electron chi connectivity index (χ1n) is 4.36. The van der Waals surface area contributed by atoms with E-state index < -0.39 is 5.95 Å². The van der Waals surface area contributed by atoms with Gasteiger partial charge in [-0.3, -0.25) is 0 Å². The third-order valence-electron chi connectivity index (χ3n) is 2.04. The summed E-state index contributed by atoms with van der Waals surface area (Å²) in [7, 11) is 0. The minimum atomic E-state index is -0.528. The van der Waals surface area contributed by atoms with Gasteiger partial charge in [-0.25, -0.2) is 14.5 Å². The number of hydrogen-bond acceptors (Lipinski definition) is 4. The van der Waals surface area contributed by atoms with Gasteiger partial charge in [0.1, 0.15) is 0 Å². The van der Waals surface area contributed by atoms with Crippen LogP contribution in [0.4, 0.5) is 4.39 Å². The predicted octanol–water partition coefficient (Wildman–Crippen LogP) is 2.65. The summed E-state index contributed by atoms with van der Waals surface area (Å²) in [6.07, 6.45) is 3.10. The van der Waals surface area contributed by atoms with Gasteiger partial charge in [0.2, 0.25) is 15.4 Å². The first kappa shape index (κ1) is 9.68. The van der Waals surface area contributed by atoms with Crippen LogP contribution in [0.1, 0.15) is 0 Å². The summed E-state index contributed by atoms with van der Waals surface area (Å²) in [5, 5.41) is 4.01. The minimum absolute atomic E-state index is 0.426. The highest BCUT2D eigenvalue weighted by molar-refractivity contribution is 7.20. The average molecular weight is 255 g/mol. The van der Waals surface area contributed by atoms with Gasteiger partial charge in [-0.05, 0) is 17.7 Å². The number of fused-ring (bicyclic) bond motifs is 1. The van der Waals surface area contributed by atoms with Crippen LogP contribution in [0.2, 0.25) is 4.47 Å². The molecule has 16 heavy (non-hydrogen) atoms. The zero-order valence-electron chi connectivity index (χ0n) is 7.76. The van der Waals surface area contributed by atoms with E-state index in [0.29, 0.717) is 20.7 Å². The van der Waals surface area contributed by atoms with Crippen molar-refractivity contribution in [2.24, 2.45) is 0 Å². The summed E-state index contributed by atoms with van der Waals surface area (Å²) >= 11 is 6.99. The number of nitrogens with zero attached hydrogens (tertiary/aromatic N) is 4. The van der Waals surface area contributed by atoms with E-state index in [1.807, 2.05) is 0 Å². The lowest BCUT2D eigenvalue weighted by atomic mass is 10.2. The molecule has 0 saturated carbocycles. The van der Waals surface area contributed by atoms with Crippen LogP contribution in [0.25, 0.3) is 16.2 Å². The van der Waals surface area contributed by atoms with Gasteiger partial charge in [0, 0.05) is 17.8 Å². The molecule has 0 aromatic carbocycles. The van der Waals surface area contributed by atoms with Crippen LogP contribution >= 0.6 is 22.9 Å². The van der Waals surface area contributed by atoms with E-state index in [0.717, 1.165) is 0 Å². The molecule has 3 aromatic rings. The molecule has 3 aromatic heterocycles. The smallest absolute Gasteiger partial charge is 0.213 e. The predicted molar refractivity (Wildman–Crippen MR) is 59.1 cm³/mol. The topological polar surface area (TPSA) is 43.1 Å². The second kappa shape index (κ2) is 3.50. The van der Waals surface area contributed by atoms with Crippen molar-refractivity contribution in [1.82, 2.24) is 19.6 Å². The number of halogens is 2. The third kappa shape index (κ3) is 1.56. The Hall–Kier alpha value is -1.53. The van der Waals surface area contributed by atoms with Crippen LogP contribution in [0.15, 0.2) is 24.5 Å². The van der Waals surface area contributed by atoms with Gasteiger partial charge in [0.15, 0.2) is 0 Å². The fourth-order valence-corrected chi connectivity index (χ4v) is 2.28. The van der Waals surface area contributed by atoms with Crippen molar-refractivity contribution < 1.29 is 4.39 Å². The minimum Gasteiger partial charge on any atom is -0.228 e. The second-order valence-corrected chi connectivity index (χ2v) is 4.61. The van der Waals surface area contributed by atoms with Crippen LogP contribution in [-0.2, 0) is 0 Å². The van der Waals surface area contributed by atoms with E-state index in [4.69, 9.17) is 11.6 Å². The maximum atomic E-state index is 12.9. The number of aromatic nitrogens is 4. The molecule has 0 aliphatic carbocycles. The van der Waals surface area contributed by atoms with Crippen molar-refractivity contribution in [3.63, 3.8) is 0 Å². The van der Waals surface area contributed by atoms with Crippen LogP contribution in [0.5, 0.6) is 0 Å². The van der Waals surface area contributed by atoms with E-state index >= 15 is 0 Å². The molecule has 0 saturated heterocycles. The SMILES string of the molecule is Fc1cc(-c2cn3nc(Cl)sc3n2)ccn1. The van der Waals surface area contributed by atoms with Crippen molar-refractivity contribution in [2.45, 2.75) is 0 Å². The Bertz CT molecular complexity index is 631. The lowest BCUT2D eigenvalue weighted by Gasteiger charge is -1.94. The Balaban J connectivity index is 2.15. The molecule has 0 radical (unpaired) electrons. The first-order chi connectivity index (χ1) is 7.72. The zero-order chi connectivity index (χ0) is 11.1. The van der Waals surface area contributed by atoms with E-state index in [2.05, 4.69) is 15.1 Å². The summed E-state index contributed by atoms with van der Waals surface area (Å²) in [5.41, 5.74) is 1.32. The van der Waals surface area contributed by atoms with E-state index in [9.17, 15) is 4.39 Å². The van der Waals surface area contributed by atoms with Crippen molar-refractivity contribution in [1.29, 1.82) is 0 Å². The highest BCUT2D eigenvalue weighted by Gasteiger charge is 2.09. The van der Waals surface area contributed by atoms with Gasteiger partial charge in [-0.15, -0.1) is 5.10 Å². The Kier molecular flexibility index (Phi) is 2.12. The normalized spacial score (nSPS) is 11.1. The van der Waals surface area contributed by atoms with Crippen LogP contribution in [0.3, 0.4) is 0 Å². The summed E-state index contributed by atoms with van der Waals surface area (Å²) in [6, 6.07) is 3.02. The van der Waals surface area contributed by atoms with Crippen molar-refractivity contribution in [2.75, 3.05) is 0 Å². The van der Waals surface area contributed by atoms with E-state index in [-0.39, 0.29) is 0 Å². The Labute approximate surface area is 98.3 Å². The maximum absolute atomic E-state index is 12.9. The zero-order valence-corrected chi connectivity index (χ0v) is 9.33. The van der Waals surface area contributed by atoms with Gasteiger partial charge < -0.3 is 0 Å². The van der Waals surface area contributed by atoms with Crippen molar-refractivity contribution >= 4 is 27.9 Å². The summed E-state index contributed by atoms with van der Waals surface area (Å²) in [6.45, 7) is 0. The molecule has 0 bridgehead atoms. The summed E-state index contributed by atoms with van der Waals surface area (Å²) < 4.78 is 14.9. The maximum Gasteiger partial charge on any atom is 0.213 e. The molecule has 0 amide bonds. The molecule has 3 rings (SSSR count). The first-order valence-corrected chi connectivity index (χ1v) is 5.55. The Morgan fingerprint density at radius 1 is 1.44 bits per heavy atom. The Morgan fingerprint density at radius 2 is 2.31 bits per heavy atom. The molecule has 0 unspecified atom stereocenters. The second-order valence-electron chi connectivity index (χ2n) is 3.08. The fourth-order valence-electron chi connectivity index (χ4n) is 1.38. The number of imidazole rings is 1. The lowest BCUT2D eigenvalue weighted by Crippen LogP contribution is -1.83. The summed E-state index contributed by atoms with van der Waals surface area (Å²) in [4.78, 5) is 8.45. The van der Waals surface area contributed by atoms with Gasteiger partial charge in [-0.1, -0.05) is 11.3 Å². The van der Waals surface area contributed by atoms with Gasteiger partial charge in [0.25, 0.3) is 0 Å². The standard InChI is InChI=1S/C9H4ClFN4S/c10-8-14-15-4-6(13-9(15)16-8)5-1-2-12-7(11)3-5/h1-4H. The number of rotatable bonds is 1. The number of hydrogen-bond donors (Lipinski definition) is 0. The monoisotopic (exact) mass is 254 g/mol. The van der Waals surface area contributed by atoms with Gasteiger partial charge >= 0.3 is 0 Å². The molecule has 80 valence electrons.